The van der Waals surface area contributed by atoms with E-state index in [9.17, 15) is 4.39 Å². The Morgan fingerprint density at radius 1 is 1.38 bits per heavy atom. The molecule has 0 spiro atoms. The molecule has 1 N–H and O–H groups in total. The van der Waals surface area contributed by atoms with Crippen LogP contribution in [0.3, 0.4) is 0 Å². The van der Waals surface area contributed by atoms with Crippen molar-refractivity contribution in [2.75, 3.05) is 6.44 Å². The second-order valence-electron chi connectivity index (χ2n) is 3.55. The van der Waals surface area contributed by atoms with Gasteiger partial charge in [0.25, 0.3) is 0 Å². The largest absolute Gasteiger partial charge is 0.464 e. The predicted octanol–water partition coefficient (Wildman–Crippen LogP) is 1.65. The van der Waals surface area contributed by atoms with Crippen LogP contribution in [0.5, 0.6) is 0 Å². The topological polar surface area (TPSA) is 25.2 Å². The lowest BCUT2D eigenvalue weighted by atomic mass is 9.87. The molecule has 2 rings (SSSR count). The van der Waals surface area contributed by atoms with Gasteiger partial charge in [-0.2, -0.15) is 0 Å². The van der Waals surface area contributed by atoms with Gasteiger partial charge in [-0.05, 0) is 24.1 Å². The summed E-state index contributed by atoms with van der Waals surface area (Å²) in [5.74, 6) is -0.808. The Labute approximate surface area is 96.0 Å². The standard InChI is InChI=1S/C11H10B2FNO/c12-6-15-11(13)10(14)8-2-1-7-3-4-16-9(7)5-8/h1-5,10-11,15H,6H2. The molecule has 16 heavy (non-hydrogen) atoms. The zero-order valence-corrected chi connectivity index (χ0v) is 8.69. The molecule has 0 amide bonds. The summed E-state index contributed by atoms with van der Waals surface area (Å²) < 4.78 is 19.1. The van der Waals surface area contributed by atoms with Gasteiger partial charge in [0.05, 0.1) is 22.0 Å². The van der Waals surface area contributed by atoms with E-state index in [1.165, 1.54) is 0 Å². The average Bonchev–Trinajstić information content (AvgIpc) is 2.75. The first kappa shape index (κ1) is 11.3. The highest BCUT2D eigenvalue weighted by molar-refractivity contribution is 6.13. The summed E-state index contributed by atoms with van der Waals surface area (Å²) in [4.78, 5) is 0. The first-order chi connectivity index (χ1) is 7.72. The van der Waals surface area contributed by atoms with Crippen molar-refractivity contribution in [3.8, 4) is 0 Å². The summed E-state index contributed by atoms with van der Waals surface area (Å²) in [6, 6.07) is 6.97. The van der Waals surface area contributed by atoms with Crippen LogP contribution in [0.25, 0.3) is 11.0 Å². The number of alkyl halides is 1. The van der Waals surface area contributed by atoms with Crippen LogP contribution in [0.4, 0.5) is 4.39 Å². The summed E-state index contributed by atoms with van der Waals surface area (Å²) in [6.45, 7) is 0. The highest BCUT2D eigenvalue weighted by Gasteiger charge is 2.17. The third kappa shape index (κ3) is 2.14. The van der Waals surface area contributed by atoms with E-state index in [0.717, 1.165) is 5.39 Å². The average molecular weight is 213 g/mol. The van der Waals surface area contributed by atoms with Crippen LogP contribution in [0.2, 0.25) is 0 Å². The summed E-state index contributed by atoms with van der Waals surface area (Å²) in [5.41, 5.74) is 1.14. The highest BCUT2D eigenvalue weighted by Crippen LogP contribution is 2.25. The third-order valence-electron chi connectivity index (χ3n) is 2.47. The summed E-state index contributed by atoms with van der Waals surface area (Å²) in [6.07, 6.45) is 0.405. The molecule has 78 valence electrons. The molecule has 0 aliphatic carbocycles. The number of furan rings is 1. The molecular weight excluding hydrogens is 203 g/mol. The molecular formula is C11H10B2FNO. The minimum Gasteiger partial charge on any atom is -0.464 e. The van der Waals surface area contributed by atoms with Crippen LogP contribution >= 0.6 is 0 Å². The fourth-order valence-corrected chi connectivity index (χ4v) is 1.59. The molecule has 1 aromatic heterocycles. The molecule has 1 aromatic carbocycles. The normalized spacial score (nSPS) is 15.1. The van der Waals surface area contributed by atoms with Crippen molar-refractivity contribution in [2.24, 2.45) is 0 Å². The van der Waals surface area contributed by atoms with Crippen molar-refractivity contribution in [1.82, 2.24) is 5.32 Å². The molecule has 0 fully saturated rings. The van der Waals surface area contributed by atoms with Gasteiger partial charge < -0.3 is 9.73 Å². The maximum absolute atomic E-state index is 13.9. The van der Waals surface area contributed by atoms with E-state index in [2.05, 4.69) is 5.32 Å². The Balaban J connectivity index is 2.24. The number of hydrogen-bond acceptors (Lipinski definition) is 2. The van der Waals surface area contributed by atoms with Crippen LogP contribution in [0.1, 0.15) is 11.7 Å². The van der Waals surface area contributed by atoms with Crippen molar-refractivity contribution >= 4 is 26.7 Å². The minimum atomic E-state index is -1.31. The Kier molecular flexibility index (Phi) is 3.34. The van der Waals surface area contributed by atoms with Gasteiger partial charge in [-0.3, -0.25) is 0 Å². The Morgan fingerprint density at radius 3 is 2.94 bits per heavy atom. The number of hydrogen-bond donors (Lipinski definition) is 1. The monoisotopic (exact) mass is 213 g/mol. The van der Waals surface area contributed by atoms with E-state index in [4.69, 9.17) is 20.1 Å². The number of benzene rings is 1. The quantitative estimate of drug-likeness (QED) is 0.781. The van der Waals surface area contributed by atoms with E-state index in [-0.39, 0.29) is 6.44 Å². The van der Waals surface area contributed by atoms with Crippen molar-refractivity contribution in [3.05, 3.63) is 36.1 Å². The van der Waals surface area contributed by atoms with Crippen LogP contribution in [0.15, 0.2) is 34.9 Å². The highest BCUT2D eigenvalue weighted by atomic mass is 19.1. The van der Waals surface area contributed by atoms with E-state index >= 15 is 0 Å². The zero-order chi connectivity index (χ0) is 11.5. The van der Waals surface area contributed by atoms with Crippen LogP contribution < -0.4 is 5.32 Å². The lowest BCUT2D eigenvalue weighted by Crippen LogP contribution is -2.34. The first-order valence-corrected chi connectivity index (χ1v) is 5.02. The number of halogens is 1. The fourth-order valence-electron chi connectivity index (χ4n) is 1.59. The first-order valence-electron chi connectivity index (χ1n) is 5.02. The zero-order valence-electron chi connectivity index (χ0n) is 8.69. The second kappa shape index (κ2) is 4.74. The lowest BCUT2D eigenvalue weighted by molar-refractivity contribution is 0.310. The molecule has 5 heteroatoms. The maximum atomic E-state index is 13.9. The third-order valence-corrected chi connectivity index (χ3v) is 2.47. The van der Waals surface area contributed by atoms with Crippen molar-refractivity contribution in [2.45, 2.75) is 12.1 Å². The van der Waals surface area contributed by atoms with Crippen LogP contribution in [-0.2, 0) is 0 Å². The van der Waals surface area contributed by atoms with Crippen molar-refractivity contribution in [1.29, 1.82) is 0 Å². The van der Waals surface area contributed by atoms with Gasteiger partial charge in [0.15, 0.2) is 0 Å². The number of nitrogens with one attached hydrogen (secondary N) is 1. The van der Waals surface area contributed by atoms with E-state index < -0.39 is 12.1 Å². The molecule has 2 atom stereocenters. The van der Waals surface area contributed by atoms with Crippen LogP contribution in [0, 0.1) is 0 Å². The van der Waals surface area contributed by atoms with E-state index in [0.29, 0.717) is 11.1 Å². The number of fused-ring (bicyclic) bond motifs is 1. The molecule has 2 unspecified atom stereocenters. The van der Waals surface area contributed by atoms with Gasteiger partial charge >= 0.3 is 0 Å². The molecule has 0 aliphatic rings. The van der Waals surface area contributed by atoms with Gasteiger partial charge in [0, 0.05) is 11.3 Å². The molecule has 2 aromatic rings. The molecule has 0 saturated carbocycles. The Bertz CT molecular complexity index is 474. The molecule has 1 heterocycles. The van der Waals surface area contributed by atoms with Gasteiger partial charge in [-0.1, -0.05) is 12.1 Å². The molecule has 0 saturated heterocycles. The van der Waals surface area contributed by atoms with Gasteiger partial charge in [-0.15, -0.1) is 0 Å². The Morgan fingerprint density at radius 2 is 2.19 bits per heavy atom. The molecule has 4 radical (unpaired) electrons. The minimum absolute atomic E-state index is 0.143. The van der Waals surface area contributed by atoms with E-state index in [1.807, 2.05) is 6.07 Å². The molecule has 0 aliphatic heterocycles. The fraction of sp³-hybridized carbons (Fsp3) is 0.273. The molecule has 2 nitrogen and oxygen atoms in total. The maximum Gasteiger partial charge on any atom is 0.134 e. The predicted molar refractivity (Wildman–Crippen MR) is 63.4 cm³/mol. The van der Waals surface area contributed by atoms with Crippen molar-refractivity contribution < 1.29 is 8.81 Å². The lowest BCUT2D eigenvalue weighted by Gasteiger charge is -2.18. The van der Waals surface area contributed by atoms with E-state index in [1.54, 1.807) is 24.5 Å². The second-order valence-corrected chi connectivity index (χ2v) is 3.55. The van der Waals surface area contributed by atoms with Gasteiger partial charge in [-0.25, -0.2) is 4.39 Å². The summed E-state index contributed by atoms with van der Waals surface area (Å²) in [7, 11) is 10.8. The van der Waals surface area contributed by atoms with Gasteiger partial charge in [0.2, 0.25) is 0 Å². The number of rotatable bonds is 4. The SMILES string of the molecule is [B]CNC([B])C(F)c1ccc2ccoc2c1. The summed E-state index contributed by atoms with van der Waals surface area (Å²) >= 11 is 0. The van der Waals surface area contributed by atoms with Gasteiger partial charge in [0.1, 0.15) is 11.8 Å². The Hall–Kier alpha value is -1.22. The smallest absolute Gasteiger partial charge is 0.134 e. The summed E-state index contributed by atoms with van der Waals surface area (Å²) in [5, 5.41) is 3.58. The van der Waals surface area contributed by atoms with Crippen molar-refractivity contribution in [3.63, 3.8) is 0 Å². The molecule has 0 bridgehead atoms. The van der Waals surface area contributed by atoms with Crippen LogP contribution in [-0.4, -0.2) is 28.1 Å².